The maximum atomic E-state index is 12.8. The number of hydrogen-bond donors (Lipinski definition) is 2. The molecule has 0 unspecified atom stereocenters. The Morgan fingerprint density at radius 3 is 2.88 bits per heavy atom. The Morgan fingerprint density at radius 1 is 1.29 bits per heavy atom. The van der Waals surface area contributed by atoms with Crippen LogP contribution >= 0.6 is 15.9 Å². The Balaban J connectivity index is 1.81. The Labute approximate surface area is 149 Å². The number of amides is 2. The number of hydrogen-bond acceptors (Lipinski definition) is 3. The standard InChI is InChI=1S/C18H18BrN3O2/c1-12-9-17(23)21-15-7-2-3-8-16(15)22(12)18(24)11-20-14-6-4-5-13(19)10-14/h2-8,10,12,20H,9,11H2,1H3,(H,21,23)/t12-/m1/s1. The lowest BCUT2D eigenvalue weighted by Crippen LogP contribution is -2.42. The molecule has 2 amide bonds. The van der Waals surface area contributed by atoms with Gasteiger partial charge in [0.15, 0.2) is 0 Å². The van der Waals surface area contributed by atoms with E-state index in [4.69, 9.17) is 0 Å². The van der Waals surface area contributed by atoms with Gasteiger partial charge in [-0.2, -0.15) is 0 Å². The maximum absolute atomic E-state index is 12.8. The van der Waals surface area contributed by atoms with Crippen LogP contribution in [0.1, 0.15) is 13.3 Å². The van der Waals surface area contributed by atoms with Crippen LogP contribution < -0.4 is 15.5 Å². The summed E-state index contributed by atoms with van der Waals surface area (Å²) < 4.78 is 0.947. The van der Waals surface area contributed by atoms with E-state index in [0.29, 0.717) is 5.69 Å². The van der Waals surface area contributed by atoms with Crippen molar-refractivity contribution < 1.29 is 9.59 Å². The molecular weight excluding hydrogens is 370 g/mol. The van der Waals surface area contributed by atoms with Crippen LogP contribution in [0.4, 0.5) is 17.1 Å². The van der Waals surface area contributed by atoms with E-state index in [9.17, 15) is 9.59 Å². The van der Waals surface area contributed by atoms with Crippen molar-refractivity contribution in [1.82, 2.24) is 0 Å². The molecule has 0 fully saturated rings. The van der Waals surface area contributed by atoms with Gasteiger partial charge in [0.2, 0.25) is 11.8 Å². The summed E-state index contributed by atoms with van der Waals surface area (Å²) in [6, 6.07) is 14.8. The fourth-order valence-corrected chi connectivity index (χ4v) is 3.23. The molecule has 0 radical (unpaired) electrons. The Bertz CT molecular complexity index is 778. The number of halogens is 1. The normalized spacial score (nSPS) is 16.8. The Morgan fingerprint density at radius 2 is 2.08 bits per heavy atom. The molecule has 0 saturated carbocycles. The predicted octanol–water partition coefficient (Wildman–Crippen LogP) is 3.62. The summed E-state index contributed by atoms with van der Waals surface area (Å²) in [5.74, 6) is -0.156. The summed E-state index contributed by atoms with van der Waals surface area (Å²) in [5, 5.41) is 6.00. The quantitative estimate of drug-likeness (QED) is 0.844. The van der Waals surface area contributed by atoms with Gasteiger partial charge >= 0.3 is 0 Å². The highest BCUT2D eigenvalue weighted by molar-refractivity contribution is 9.10. The zero-order chi connectivity index (χ0) is 17.1. The number of nitrogens with one attached hydrogen (secondary N) is 2. The first kappa shape index (κ1) is 16.5. The first-order chi connectivity index (χ1) is 11.5. The number of nitrogens with zero attached hydrogens (tertiary/aromatic N) is 1. The minimum atomic E-state index is -0.203. The molecule has 0 saturated heterocycles. The molecule has 0 aromatic heterocycles. The molecule has 2 aromatic carbocycles. The highest BCUT2D eigenvalue weighted by Crippen LogP contribution is 2.31. The van der Waals surface area contributed by atoms with Crippen molar-refractivity contribution in [2.24, 2.45) is 0 Å². The van der Waals surface area contributed by atoms with Crippen molar-refractivity contribution in [3.63, 3.8) is 0 Å². The van der Waals surface area contributed by atoms with E-state index < -0.39 is 0 Å². The molecular formula is C18H18BrN3O2. The first-order valence-electron chi connectivity index (χ1n) is 7.75. The second-order valence-corrected chi connectivity index (χ2v) is 6.66. The lowest BCUT2D eigenvalue weighted by Gasteiger charge is -2.28. The van der Waals surface area contributed by atoms with Crippen LogP contribution in [0.15, 0.2) is 53.0 Å². The fraction of sp³-hybridized carbons (Fsp3) is 0.222. The minimum absolute atomic E-state index is 0.0774. The van der Waals surface area contributed by atoms with Gasteiger partial charge in [-0.25, -0.2) is 0 Å². The Kier molecular flexibility index (Phi) is 4.85. The third kappa shape index (κ3) is 3.59. The zero-order valence-electron chi connectivity index (χ0n) is 13.3. The van der Waals surface area contributed by atoms with Gasteiger partial charge in [-0.05, 0) is 37.3 Å². The number of carbonyl (C=O) groups is 2. The highest BCUT2D eigenvalue weighted by atomic mass is 79.9. The fourth-order valence-electron chi connectivity index (χ4n) is 2.83. The monoisotopic (exact) mass is 387 g/mol. The highest BCUT2D eigenvalue weighted by Gasteiger charge is 2.29. The molecule has 0 spiro atoms. The number of fused-ring (bicyclic) bond motifs is 1. The second-order valence-electron chi connectivity index (χ2n) is 5.75. The number of benzene rings is 2. The molecule has 0 aliphatic carbocycles. The van der Waals surface area contributed by atoms with Crippen LogP contribution in [0.25, 0.3) is 0 Å². The van der Waals surface area contributed by atoms with Crippen LogP contribution in [0.2, 0.25) is 0 Å². The summed E-state index contributed by atoms with van der Waals surface area (Å²) in [5.41, 5.74) is 2.27. The summed E-state index contributed by atoms with van der Waals surface area (Å²) >= 11 is 3.41. The average Bonchev–Trinajstić information content (AvgIpc) is 2.67. The molecule has 124 valence electrons. The zero-order valence-corrected chi connectivity index (χ0v) is 14.8. The van der Waals surface area contributed by atoms with Crippen molar-refractivity contribution in [2.75, 3.05) is 22.1 Å². The summed E-state index contributed by atoms with van der Waals surface area (Å²) in [6.07, 6.45) is 0.275. The number of anilines is 3. The first-order valence-corrected chi connectivity index (χ1v) is 8.54. The third-order valence-corrected chi connectivity index (χ3v) is 4.39. The molecule has 5 nitrogen and oxygen atoms in total. The minimum Gasteiger partial charge on any atom is -0.376 e. The van der Waals surface area contributed by atoms with E-state index in [2.05, 4.69) is 26.6 Å². The summed E-state index contributed by atoms with van der Waals surface area (Å²) in [7, 11) is 0. The maximum Gasteiger partial charge on any atom is 0.246 e. The van der Waals surface area contributed by atoms with Crippen molar-refractivity contribution >= 4 is 44.8 Å². The molecule has 1 atom stereocenters. The molecule has 3 rings (SSSR count). The predicted molar refractivity (Wildman–Crippen MR) is 99.3 cm³/mol. The second kappa shape index (κ2) is 7.05. The van der Waals surface area contributed by atoms with Gasteiger partial charge in [-0.1, -0.05) is 34.1 Å². The van der Waals surface area contributed by atoms with E-state index in [1.165, 1.54) is 0 Å². The Hall–Kier alpha value is -2.34. The van der Waals surface area contributed by atoms with Gasteiger partial charge in [0, 0.05) is 22.6 Å². The molecule has 24 heavy (non-hydrogen) atoms. The number of rotatable bonds is 3. The SMILES string of the molecule is C[C@@H]1CC(=O)Nc2ccccc2N1C(=O)CNc1cccc(Br)c1. The number of para-hydroxylation sites is 2. The molecule has 1 heterocycles. The lowest BCUT2D eigenvalue weighted by atomic mass is 10.1. The van der Waals surface area contributed by atoms with E-state index in [1.54, 1.807) is 4.90 Å². The van der Waals surface area contributed by atoms with Crippen molar-refractivity contribution in [3.8, 4) is 0 Å². The van der Waals surface area contributed by atoms with Crippen molar-refractivity contribution in [2.45, 2.75) is 19.4 Å². The van der Waals surface area contributed by atoms with Crippen molar-refractivity contribution in [1.29, 1.82) is 0 Å². The van der Waals surface area contributed by atoms with Gasteiger partial charge in [-0.15, -0.1) is 0 Å². The molecule has 6 heteroatoms. The molecule has 0 bridgehead atoms. The van der Waals surface area contributed by atoms with Crippen LogP contribution in [-0.2, 0) is 9.59 Å². The van der Waals surface area contributed by atoms with Crippen LogP contribution in [0, 0.1) is 0 Å². The van der Waals surface area contributed by atoms with Gasteiger partial charge in [0.1, 0.15) is 0 Å². The van der Waals surface area contributed by atoms with Crippen LogP contribution in [-0.4, -0.2) is 24.4 Å². The van der Waals surface area contributed by atoms with E-state index >= 15 is 0 Å². The number of carbonyl (C=O) groups excluding carboxylic acids is 2. The van der Waals surface area contributed by atoms with Gasteiger partial charge < -0.3 is 15.5 Å². The molecule has 1 aliphatic heterocycles. The topological polar surface area (TPSA) is 61.4 Å². The molecule has 2 N–H and O–H groups in total. The van der Waals surface area contributed by atoms with Crippen LogP contribution in [0.5, 0.6) is 0 Å². The molecule has 2 aromatic rings. The average molecular weight is 388 g/mol. The van der Waals surface area contributed by atoms with Crippen LogP contribution in [0.3, 0.4) is 0 Å². The smallest absolute Gasteiger partial charge is 0.246 e. The third-order valence-electron chi connectivity index (χ3n) is 3.90. The van der Waals surface area contributed by atoms with Gasteiger partial charge in [0.25, 0.3) is 0 Å². The van der Waals surface area contributed by atoms with E-state index in [1.807, 2.05) is 55.5 Å². The summed E-state index contributed by atoms with van der Waals surface area (Å²) in [6.45, 7) is 2.04. The van der Waals surface area contributed by atoms with E-state index in [0.717, 1.165) is 15.8 Å². The van der Waals surface area contributed by atoms with Gasteiger partial charge in [0.05, 0.1) is 17.9 Å². The van der Waals surface area contributed by atoms with E-state index in [-0.39, 0.29) is 30.8 Å². The summed E-state index contributed by atoms with van der Waals surface area (Å²) in [4.78, 5) is 26.5. The van der Waals surface area contributed by atoms with Gasteiger partial charge in [-0.3, -0.25) is 9.59 Å². The largest absolute Gasteiger partial charge is 0.376 e. The molecule has 1 aliphatic rings. The lowest BCUT2D eigenvalue weighted by molar-refractivity contribution is -0.118. The van der Waals surface area contributed by atoms with Crippen molar-refractivity contribution in [3.05, 3.63) is 53.0 Å².